The van der Waals surface area contributed by atoms with Crippen molar-refractivity contribution >= 4 is 33.3 Å². The highest BCUT2D eigenvalue weighted by molar-refractivity contribution is 6.09. The highest BCUT2D eigenvalue weighted by Crippen LogP contribution is 2.34. The standard InChI is InChI=1S/C35H25N3/c1-3-9-25(10-4-1)26-16-19-29(20-17-26)37-30-12-7-11-27(23-30)28-18-21-34-33(24-28)32-15-8-22-36-35(32)38(34)31-13-5-2-6-14-31/h1-24,37H. The molecule has 0 amide bonds. The van der Waals surface area contributed by atoms with Crippen LogP contribution in [0.3, 0.4) is 0 Å². The first-order valence-electron chi connectivity index (χ1n) is 12.8. The van der Waals surface area contributed by atoms with Crippen LogP contribution < -0.4 is 5.32 Å². The van der Waals surface area contributed by atoms with Crippen molar-refractivity contribution in [2.75, 3.05) is 5.32 Å². The minimum atomic E-state index is 0.972. The molecule has 0 fully saturated rings. The van der Waals surface area contributed by atoms with E-state index in [4.69, 9.17) is 4.98 Å². The predicted octanol–water partition coefficient (Wildman–Crippen LogP) is 9.26. The maximum atomic E-state index is 4.74. The van der Waals surface area contributed by atoms with E-state index in [-0.39, 0.29) is 0 Å². The molecule has 0 radical (unpaired) electrons. The number of para-hydroxylation sites is 1. The van der Waals surface area contributed by atoms with Gasteiger partial charge >= 0.3 is 0 Å². The van der Waals surface area contributed by atoms with Gasteiger partial charge in [0.25, 0.3) is 0 Å². The highest BCUT2D eigenvalue weighted by Gasteiger charge is 2.14. The van der Waals surface area contributed by atoms with E-state index in [0.717, 1.165) is 33.6 Å². The summed E-state index contributed by atoms with van der Waals surface area (Å²) in [6.45, 7) is 0. The minimum absolute atomic E-state index is 0.972. The summed E-state index contributed by atoms with van der Waals surface area (Å²) in [5, 5.41) is 5.92. The van der Waals surface area contributed by atoms with E-state index in [9.17, 15) is 0 Å². The van der Waals surface area contributed by atoms with Gasteiger partial charge in [-0.25, -0.2) is 4.98 Å². The van der Waals surface area contributed by atoms with E-state index >= 15 is 0 Å². The van der Waals surface area contributed by atoms with Gasteiger partial charge in [0.15, 0.2) is 0 Å². The zero-order chi connectivity index (χ0) is 25.3. The normalized spacial score (nSPS) is 11.2. The fourth-order valence-corrected chi connectivity index (χ4v) is 5.18. The highest BCUT2D eigenvalue weighted by atomic mass is 15.0. The maximum absolute atomic E-state index is 4.74. The zero-order valence-corrected chi connectivity index (χ0v) is 20.8. The molecule has 0 atom stereocenters. The van der Waals surface area contributed by atoms with Gasteiger partial charge < -0.3 is 5.32 Å². The van der Waals surface area contributed by atoms with Crippen molar-refractivity contribution in [1.29, 1.82) is 0 Å². The largest absolute Gasteiger partial charge is 0.356 e. The van der Waals surface area contributed by atoms with E-state index in [1.807, 2.05) is 24.4 Å². The first kappa shape index (κ1) is 22.1. The molecule has 0 aliphatic heterocycles. The van der Waals surface area contributed by atoms with Gasteiger partial charge in [0.05, 0.1) is 5.52 Å². The predicted molar refractivity (Wildman–Crippen MR) is 159 cm³/mol. The molecule has 0 unspecified atom stereocenters. The summed E-state index contributed by atoms with van der Waals surface area (Å²) in [4.78, 5) is 4.74. The number of anilines is 2. The van der Waals surface area contributed by atoms with Crippen molar-refractivity contribution in [3.8, 4) is 27.9 Å². The number of nitrogens with zero attached hydrogens (tertiary/aromatic N) is 2. The van der Waals surface area contributed by atoms with Crippen LogP contribution in [0.4, 0.5) is 11.4 Å². The SMILES string of the molecule is c1ccc(-c2ccc(Nc3cccc(-c4ccc5c(c4)c4cccnc4n5-c4ccccc4)c3)cc2)cc1. The number of nitrogens with one attached hydrogen (secondary N) is 1. The summed E-state index contributed by atoms with van der Waals surface area (Å²) in [6.07, 6.45) is 1.86. The lowest BCUT2D eigenvalue weighted by Gasteiger charge is -2.11. The zero-order valence-electron chi connectivity index (χ0n) is 20.8. The van der Waals surface area contributed by atoms with Crippen LogP contribution in [0.25, 0.3) is 49.9 Å². The van der Waals surface area contributed by atoms with Gasteiger partial charge in [-0.2, -0.15) is 0 Å². The number of hydrogen-bond donors (Lipinski definition) is 1. The summed E-state index contributed by atoms with van der Waals surface area (Å²) < 4.78 is 2.24. The van der Waals surface area contributed by atoms with Crippen LogP contribution in [-0.4, -0.2) is 9.55 Å². The molecule has 0 bridgehead atoms. The second kappa shape index (κ2) is 9.38. The Labute approximate surface area is 221 Å². The third kappa shape index (κ3) is 4.00. The average molecular weight is 488 g/mol. The molecule has 7 rings (SSSR count). The Morgan fingerprint density at radius 1 is 0.474 bits per heavy atom. The van der Waals surface area contributed by atoms with Crippen LogP contribution in [-0.2, 0) is 0 Å². The molecule has 0 spiro atoms. The van der Waals surface area contributed by atoms with Crippen LogP contribution in [0.1, 0.15) is 0 Å². The summed E-state index contributed by atoms with van der Waals surface area (Å²) in [7, 11) is 0. The number of aromatic nitrogens is 2. The van der Waals surface area contributed by atoms with Gasteiger partial charge in [-0.1, -0.05) is 78.9 Å². The Bertz CT molecular complexity index is 1870. The van der Waals surface area contributed by atoms with Crippen LogP contribution >= 0.6 is 0 Å². The number of hydrogen-bond acceptors (Lipinski definition) is 2. The molecule has 0 saturated carbocycles. The molecule has 38 heavy (non-hydrogen) atoms. The van der Waals surface area contributed by atoms with E-state index in [2.05, 4.69) is 131 Å². The molecule has 2 aromatic heterocycles. The lowest BCUT2D eigenvalue weighted by atomic mass is 10.0. The number of rotatable bonds is 5. The summed E-state index contributed by atoms with van der Waals surface area (Å²) in [5.74, 6) is 0. The molecule has 0 saturated heterocycles. The molecule has 180 valence electrons. The van der Waals surface area contributed by atoms with Crippen LogP contribution in [0.2, 0.25) is 0 Å². The molecular weight excluding hydrogens is 462 g/mol. The lowest BCUT2D eigenvalue weighted by Crippen LogP contribution is -1.94. The number of benzene rings is 5. The summed E-state index contributed by atoms with van der Waals surface area (Å²) >= 11 is 0. The second-order valence-corrected chi connectivity index (χ2v) is 9.43. The van der Waals surface area contributed by atoms with Crippen molar-refractivity contribution in [3.05, 3.63) is 146 Å². The summed E-state index contributed by atoms with van der Waals surface area (Å²) in [5.41, 5.74) is 10.1. The fraction of sp³-hybridized carbons (Fsp3) is 0. The van der Waals surface area contributed by atoms with Crippen LogP contribution in [0.15, 0.2) is 146 Å². The Hall–Kier alpha value is -5.15. The van der Waals surface area contributed by atoms with Gasteiger partial charge in [0, 0.05) is 34.0 Å². The van der Waals surface area contributed by atoms with Gasteiger partial charge in [-0.15, -0.1) is 0 Å². The fourth-order valence-electron chi connectivity index (χ4n) is 5.18. The molecule has 3 nitrogen and oxygen atoms in total. The van der Waals surface area contributed by atoms with Crippen molar-refractivity contribution in [3.63, 3.8) is 0 Å². The van der Waals surface area contributed by atoms with Crippen molar-refractivity contribution in [2.45, 2.75) is 0 Å². The monoisotopic (exact) mass is 487 g/mol. The third-order valence-electron chi connectivity index (χ3n) is 7.02. The van der Waals surface area contributed by atoms with Crippen molar-refractivity contribution in [2.24, 2.45) is 0 Å². The summed E-state index contributed by atoms with van der Waals surface area (Å²) in [6, 6.07) is 48.9. The molecule has 0 aliphatic carbocycles. The number of pyridine rings is 1. The average Bonchev–Trinajstić information content (AvgIpc) is 3.32. The third-order valence-corrected chi connectivity index (χ3v) is 7.02. The Morgan fingerprint density at radius 2 is 1.16 bits per heavy atom. The van der Waals surface area contributed by atoms with Gasteiger partial charge in [0.1, 0.15) is 5.65 Å². The molecule has 0 aliphatic rings. The van der Waals surface area contributed by atoms with Gasteiger partial charge in [-0.05, 0) is 82.9 Å². The van der Waals surface area contributed by atoms with Crippen molar-refractivity contribution < 1.29 is 0 Å². The molecule has 3 heteroatoms. The minimum Gasteiger partial charge on any atom is -0.356 e. The van der Waals surface area contributed by atoms with Gasteiger partial charge in [-0.3, -0.25) is 4.57 Å². The van der Waals surface area contributed by atoms with Crippen LogP contribution in [0, 0.1) is 0 Å². The first-order chi connectivity index (χ1) is 18.8. The van der Waals surface area contributed by atoms with Gasteiger partial charge in [0.2, 0.25) is 0 Å². The number of fused-ring (bicyclic) bond motifs is 3. The topological polar surface area (TPSA) is 29.9 Å². The van der Waals surface area contributed by atoms with Crippen LogP contribution in [0.5, 0.6) is 0 Å². The van der Waals surface area contributed by atoms with E-state index < -0.39 is 0 Å². The first-order valence-corrected chi connectivity index (χ1v) is 12.8. The molecule has 1 N–H and O–H groups in total. The lowest BCUT2D eigenvalue weighted by molar-refractivity contribution is 1.14. The second-order valence-electron chi connectivity index (χ2n) is 9.43. The molecule has 2 heterocycles. The Kier molecular flexibility index (Phi) is 5.45. The smallest absolute Gasteiger partial charge is 0.145 e. The van der Waals surface area contributed by atoms with E-state index in [1.165, 1.54) is 27.6 Å². The Balaban J connectivity index is 1.23. The maximum Gasteiger partial charge on any atom is 0.145 e. The van der Waals surface area contributed by atoms with Crippen molar-refractivity contribution in [1.82, 2.24) is 9.55 Å². The van der Waals surface area contributed by atoms with E-state index in [0.29, 0.717) is 0 Å². The van der Waals surface area contributed by atoms with E-state index in [1.54, 1.807) is 0 Å². The molecular formula is C35H25N3. The molecule has 7 aromatic rings. The Morgan fingerprint density at radius 3 is 1.97 bits per heavy atom. The quantitative estimate of drug-likeness (QED) is 0.262. The molecule has 5 aromatic carbocycles.